The van der Waals surface area contributed by atoms with Crippen molar-refractivity contribution in [2.75, 3.05) is 32.9 Å². The van der Waals surface area contributed by atoms with Gasteiger partial charge in [-0.3, -0.25) is 4.90 Å². The third-order valence-electron chi connectivity index (χ3n) is 4.86. The smallest absolute Gasteiger partial charge is 0.231 e. The summed E-state index contributed by atoms with van der Waals surface area (Å²) < 4.78 is 17.2. The van der Waals surface area contributed by atoms with Crippen LogP contribution in [0.25, 0.3) is 10.2 Å². The number of thiophene rings is 1. The SMILES string of the molecule is CCOc1ccc(Oc2nc(CN3CCOCC3)nc3sc(C)c(C)c23)cc1. The second kappa shape index (κ2) is 8.43. The van der Waals surface area contributed by atoms with E-state index in [0.29, 0.717) is 19.0 Å². The molecule has 1 aliphatic rings. The van der Waals surface area contributed by atoms with E-state index in [1.54, 1.807) is 11.3 Å². The van der Waals surface area contributed by atoms with E-state index in [4.69, 9.17) is 24.2 Å². The quantitative estimate of drug-likeness (QED) is 0.615. The molecule has 6 nitrogen and oxygen atoms in total. The van der Waals surface area contributed by atoms with E-state index in [1.807, 2.05) is 31.2 Å². The molecule has 0 amide bonds. The fourth-order valence-electron chi connectivity index (χ4n) is 3.24. The van der Waals surface area contributed by atoms with Crippen molar-refractivity contribution in [2.24, 2.45) is 0 Å². The molecular weight excluding hydrogens is 374 g/mol. The van der Waals surface area contributed by atoms with Gasteiger partial charge in [-0.15, -0.1) is 11.3 Å². The zero-order chi connectivity index (χ0) is 19.5. The van der Waals surface area contributed by atoms with E-state index in [0.717, 1.165) is 53.8 Å². The molecule has 1 fully saturated rings. The van der Waals surface area contributed by atoms with Crippen molar-refractivity contribution in [3.63, 3.8) is 0 Å². The minimum Gasteiger partial charge on any atom is -0.494 e. The summed E-state index contributed by atoms with van der Waals surface area (Å²) in [6.45, 7) is 10.9. The van der Waals surface area contributed by atoms with Crippen LogP contribution in [-0.4, -0.2) is 47.8 Å². The van der Waals surface area contributed by atoms with Gasteiger partial charge in [0.2, 0.25) is 5.88 Å². The molecule has 0 aliphatic carbocycles. The van der Waals surface area contributed by atoms with Gasteiger partial charge in [-0.25, -0.2) is 4.98 Å². The van der Waals surface area contributed by atoms with E-state index in [-0.39, 0.29) is 0 Å². The van der Waals surface area contributed by atoms with Gasteiger partial charge in [-0.05, 0) is 50.6 Å². The van der Waals surface area contributed by atoms with Crippen molar-refractivity contribution in [3.8, 4) is 17.4 Å². The fraction of sp³-hybridized carbons (Fsp3) is 0.429. The lowest BCUT2D eigenvalue weighted by molar-refractivity contribution is 0.0330. The van der Waals surface area contributed by atoms with Gasteiger partial charge in [0, 0.05) is 18.0 Å². The molecule has 0 N–H and O–H groups in total. The molecule has 1 aromatic carbocycles. The van der Waals surface area contributed by atoms with Crippen molar-refractivity contribution in [1.29, 1.82) is 0 Å². The molecule has 0 atom stereocenters. The van der Waals surface area contributed by atoms with Crippen LogP contribution < -0.4 is 9.47 Å². The molecule has 1 aliphatic heterocycles. The van der Waals surface area contributed by atoms with Crippen LogP contribution in [0.4, 0.5) is 0 Å². The summed E-state index contributed by atoms with van der Waals surface area (Å²) in [6.07, 6.45) is 0. The molecule has 4 rings (SSSR count). The number of hydrogen-bond acceptors (Lipinski definition) is 7. The Balaban J connectivity index is 1.66. The average molecular weight is 400 g/mol. The molecular formula is C21H25N3O3S. The first-order valence-corrected chi connectivity index (χ1v) is 10.4. The number of benzene rings is 1. The van der Waals surface area contributed by atoms with Gasteiger partial charge in [0.25, 0.3) is 0 Å². The van der Waals surface area contributed by atoms with Gasteiger partial charge < -0.3 is 14.2 Å². The molecule has 0 spiro atoms. The van der Waals surface area contributed by atoms with Crippen LogP contribution in [0.1, 0.15) is 23.2 Å². The lowest BCUT2D eigenvalue weighted by Gasteiger charge is -2.25. The summed E-state index contributed by atoms with van der Waals surface area (Å²) in [5, 5.41) is 1.00. The zero-order valence-electron chi connectivity index (χ0n) is 16.5. The monoisotopic (exact) mass is 399 g/mol. The Bertz CT molecular complexity index is 950. The molecule has 0 bridgehead atoms. The number of fused-ring (bicyclic) bond motifs is 1. The lowest BCUT2D eigenvalue weighted by atomic mass is 10.2. The molecule has 3 heterocycles. The molecule has 0 saturated carbocycles. The van der Waals surface area contributed by atoms with Crippen molar-refractivity contribution < 1.29 is 14.2 Å². The minimum atomic E-state index is 0.624. The second-order valence-corrected chi connectivity index (χ2v) is 8.01. The largest absolute Gasteiger partial charge is 0.494 e. The third-order valence-corrected chi connectivity index (χ3v) is 5.96. The predicted octanol–water partition coefficient (Wildman–Crippen LogP) is 4.33. The summed E-state index contributed by atoms with van der Waals surface area (Å²) in [7, 11) is 0. The molecule has 7 heteroatoms. The molecule has 0 radical (unpaired) electrons. The molecule has 0 unspecified atom stereocenters. The minimum absolute atomic E-state index is 0.624. The predicted molar refractivity (Wildman–Crippen MR) is 111 cm³/mol. The van der Waals surface area contributed by atoms with Crippen LogP contribution in [0, 0.1) is 13.8 Å². The van der Waals surface area contributed by atoms with Crippen LogP contribution in [0.5, 0.6) is 17.4 Å². The maximum atomic E-state index is 6.21. The maximum Gasteiger partial charge on any atom is 0.231 e. The highest BCUT2D eigenvalue weighted by molar-refractivity contribution is 7.18. The summed E-state index contributed by atoms with van der Waals surface area (Å²) >= 11 is 1.69. The number of aromatic nitrogens is 2. The molecule has 28 heavy (non-hydrogen) atoms. The van der Waals surface area contributed by atoms with Gasteiger partial charge in [0.05, 0.1) is 31.8 Å². The first kappa shape index (κ1) is 19.1. The van der Waals surface area contributed by atoms with E-state index in [2.05, 4.69) is 18.7 Å². The first-order chi connectivity index (χ1) is 13.6. The van der Waals surface area contributed by atoms with Gasteiger partial charge in [0.15, 0.2) is 0 Å². The highest BCUT2D eigenvalue weighted by Gasteiger charge is 2.19. The number of hydrogen-bond donors (Lipinski definition) is 0. The number of aryl methyl sites for hydroxylation is 2. The van der Waals surface area contributed by atoms with Crippen molar-refractivity contribution in [2.45, 2.75) is 27.3 Å². The molecule has 2 aromatic heterocycles. The van der Waals surface area contributed by atoms with E-state index in [9.17, 15) is 0 Å². The Labute approximate surface area is 169 Å². The van der Waals surface area contributed by atoms with Crippen LogP contribution >= 0.6 is 11.3 Å². The maximum absolute atomic E-state index is 6.21. The van der Waals surface area contributed by atoms with Gasteiger partial charge >= 0.3 is 0 Å². The molecule has 3 aromatic rings. The summed E-state index contributed by atoms with van der Waals surface area (Å²) in [6, 6.07) is 7.65. The topological polar surface area (TPSA) is 56.7 Å². The molecule has 1 saturated heterocycles. The number of rotatable bonds is 6. The van der Waals surface area contributed by atoms with Crippen molar-refractivity contribution >= 4 is 21.6 Å². The highest BCUT2D eigenvalue weighted by Crippen LogP contribution is 2.36. The third kappa shape index (κ3) is 4.11. The Morgan fingerprint density at radius 3 is 2.50 bits per heavy atom. The van der Waals surface area contributed by atoms with E-state index < -0.39 is 0 Å². The van der Waals surface area contributed by atoms with Crippen LogP contribution in [0.2, 0.25) is 0 Å². The summed E-state index contributed by atoms with van der Waals surface area (Å²) in [4.78, 5) is 14.1. The van der Waals surface area contributed by atoms with Crippen molar-refractivity contribution in [3.05, 3.63) is 40.5 Å². The normalized spacial score (nSPS) is 15.1. The Hall–Kier alpha value is -2.22. The van der Waals surface area contributed by atoms with Crippen LogP contribution in [0.3, 0.4) is 0 Å². The highest BCUT2D eigenvalue weighted by atomic mass is 32.1. The second-order valence-electron chi connectivity index (χ2n) is 6.80. The fourth-order valence-corrected chi connectivity index (χ4v) is 4.28. The Morgan fingerprint density at radius 1 is 1.07 bits per heavy atom. The molecule has 148 valence electrons. The Morgan fingerprint density at radius 2 is 1.79 bits per heavy atom. The average Bonchev–Trinajstić information content (AvgIpc) is 2.98. The summed E-state index contributed by atoms with van der Waals surface area (Å²) in [5.74, 6) is 2.98. The number of ether oxygens (including phenoxy) is 3. The number of nitrogens with zero attached hydrogens (tertiary/aromatic N) is 3. The van der Waals surface area contributed by atoms with Crippen LogP contribution in [-0.2, 0) is 11.3 Å². The van der Waals surface area contributed by atoms with Crippen molar-refractivity contribution in [1.82, 2.24) is 14.9 Å². The van der Waals surface area contributed by atoms with Gasteiger partial charge in [-0.1, -0.05) is 0 Å². The lowest BCUT2D eigenvalue weighted by Crippen LogP contribution is -2.36. The Kier molecular flexibility index (Phi) is 5.75. The number of morpholine rings is 1. The van der Waals surface area contributed by atoms with Gasteiger partial charge in [-0.2, -0.15) is 4.98 Å². The van der Waals surface area contributed by atoms with E-state index >= 15 is 0 Å². The standard InChI is InChI=1S/C21H25N3O3S/c1-4-26-16-5-7-17(8-6-16)27-20-19-14(2)15(3)28-21(19)23-18(22-20)13-24-9-11-25-12-10-24/h5-8H,4,9-13H2,1-3H3. The zero-order valence-corrected chi connectivity index (χ0v) is 17.3. The van der Waals surface area contributed by atoms with E-state index in [1.165, 1.54) is 10.4 Å². The van der Waals surface area contributed by atoms with Gasteiger partial charge in [0.1, 0.15) is 22.2 Å². The first-order valence-electron chi connectivity index (χ1n) is 9.61. The van der Waals surface area contributed by atoms with Crippen LogP contribution in [0.15, 0.2) is 24.3 Å². The summed E-state index contributed by atoms with van der Waals surface area (Å²) in [5.41, 5.74) is 1.18.